The fraction of sp³-hybridized carbons (Fsp3) is 0.556. The molecule has 7 rings (SSSR count). The third-order valence-corrected chi connectivity index (χ3v) is 20.4. The molecule has 3 aliphatic heterocycles. The van der Waals surface area contributed by atoms with E-state index in [1.165, 1.54) is 20.1 Å². The molecule has 4 aromatic rings. The fourth-order valence-electron chi connectivity index (χ4n) is 12.8. The van der Waals surface area contributed by atoms with Gasteiger partial charge in [-0.1, -0.05) is 120 Å². The first kappa shape index (κ1) is 77.0. The number of Topliss-reactive ketones (excluding diaryl/α,β-unsaturated/α-hetero) is 1. The molecule has 2 fully saturated rings. The lowest BCUT2D eigenvalue weighted by molar-refractivity contribution is -0.338. The van der Waals surface area contributed by atoms with E-state index in [1.807, 2.05) is 44.1 Å². The number of nitrogens with zero attached hydrogens (tertiary/aromatic N) is 3. The third kappa shape index (κ3) is 20.2. The molecule has 0 aliphatic carbocycles. The molecule has 3 aliphatic rings. The van der Waals surface area contributed by atoms with Gasteiger partial charge >= 0.3 is 5.97 Å². The van der Waals surface area contributed by atoms with Crippen molar-refractivity contribution in [2.75, 3.05) is 57.7 Å². The molecule has 0 radical (unpaired) electrons. The highest BCUT2D eigenvalue weighted by Crippen LogP contribution is 2.46. The van der Waals surface area contributed by atoms with Crippen LogP contribution in [0.2, 0.25) is 0 Å². The van der Waals surface area contributed by atoms with Crippen molar-refractivity contribution in [1.82, 2.24) is 15.1 Å². The van der Waals surface area contributed by atoms with Gasteiger partial charge in [0.25, 0.3) is 17.7 Å². The number of sulfonamides is 1. The zero-order valence-electron chi connectivity index (χ0n) is 57.8. The zero-order chi connectivity index (χ0) is 71.1. The Balaban J connectivity index is 0.817. The van der Waals surface area contributed by atoms with Gasteiger partial charge in [-0.05, 0) is 106 Å². The number of anilines is 2. The van der Waals surface area contributed by atoms with Crippen LogP contribution in [0.15, 0.2) is 112 Å². The van der Waals surface area contributed by atoms with Crippen LogP contribution in [0.25, 0.3) is 10.8 Å². The molecular weight excluding hydrogens is 1270 g/mol. The summed E-state index contributed by atoms with van der Waals surface area (Å²) in [5.41, 5.74) is 2.31. The summed E-state index contributed by atoms with van der Waals surface area (Å²) < 4.78 is 54.3. The minimum absolute atomic E-state index is 0.0145. The highest BCUT2D eigenvalue weighted by Gasteiger charge is 2.48. The molecule has 0 aromatic heterocycles. The molecule has 25 heteroatoms. The number of oxime groups is 1. The number of ketones is 2. The largest absolute Gasteiger partial charge is 0.459 e. The number of methoxy groups -OCH3 is 1. The van der Waals surface area contributed by atoms with Crippen LogP contribution in [0, 0.1) is 35.5 Å². The van der Waals surface area contributed by atoms with Gasteiger partial charge in [0.1, 0.15) is 18.0 Å². The van der Waals surface area contributed by atoms with Gasteiger partial charge in [0.15, 0.2) is 24.8 Å². The van der Waals surface area contributed by atoms with Gasteiger partial charge in [-0.2, -0.15) is 0 Å². The van der Waals surface area contributed by atoms with Crippen LogP contribution in [0.4, 0.5) is 11.4 Å². The number of nitrogens with one attached hydrogen (secondary N) is 3. The number of aliphatic hydroxyl groups excluding tert-OH is 3. The number of rotatable bonds is 35. The number of hydroxylamine groups is 2. The molecule has 0 bridgehead atoms. The number of hydrogen-bond acceptors (Lipinski definition) is 20. The molecule has 1 spiro atoms. The van der Waals surface area contributed by atoms with Crippen LogP contribution in [0.1, 0.15) is 142 Å². The van der Waals surface area contributed by atoms with E-state index in [-0.39, 0.29) is 83.3 Å². The number of aliphatic hydroxyl groups is 3. The first-order valence-corrected chi connectivity index (χ1v) is 34.9. The van der Waals surface area contributed by atoms with Gasteiger partial charge in [0.05, 0.1) is 53.1 Å². The van der Waals surface area contributed by atoms with Gasteiger partial charge in [0, 0.05) is 98.3 Å². The molecule has 4 aromatic carbocycles. The number of imide groups is 1. The summed E-state index contributed by atoms with van der Waals surface area (Å²) in [6.45, 7) is 15.0. The lowest BCUT2D eigenvalue weighted by Crippen LogP contribution is -2.53. The molecule has 2 saturated heterocycles. The van der Waals surface area contributed by atoms with E-state index in [4.69, 9.17) is 28.6 Å². The number of ether oxygens (including phenoxy) is 4. The second-order valence-corrected chi connectivity index (χ2v) is 28.5. The predicted octanol–water partition coefficient (Wildman–Crippen LogP) is 7.99. The van der Waals surface area contributed by atoms with Crippen LogP contribution in [0.5, 0.6) is 0 Å². The Morgan fingerprint density at radius 2 is 1.43 bits per heavy atom. The summed E-state index contributed by atoms with van der Waals surface area (Å²) in [5, 5.41) is 45.2. The van der Waals surface area contributed by atoms with Crippen molar-refractivity contribution >= 4 is 79.0 Å². The van der Waals surface area contributed by atoms with Gasteiger partial charge in [-0.25, -0.2) is 13.1 Å². The minimum atomic E-state index is -4.02. The Labute approximate surface area is 569 Å². The molecule has 4 amide bonds. The highest BCUT2D eigenvalue weighted by molar-refractivity contribution is 7.89. The first-order valence-electron chi connectivity index (χ1n) is 33.4. The highest BCUT2D eigenvalue weighted by atomic mass is 32.2. The zero-order valence-corrected chi connectivity index (χ0v) is 58.6. The van der Waals surface area contributed by atoms with Crippen LogP contribution < -0.4 is 20.3 Å². The number of carbonyl (C=O) groups excluding carboxylic acids is 7. The van der Waals surface area contributed by atoms with Gasteiger partial charge in [-0.3, -0.25) is 38.4 Å². The van der Waals surface area contributed by atoms with Gasteiger partial charge in [0.2, 0.25) is 15.9 Å². The minimum Gasteiger partial charge on any atom is -0.459 e. The van der Waals surface area contributed by atoms with E-state index < -0.39 is 119 Å². The molecule has 6 N–H and O–H groups in total. The SMILES string of the molecule is CO[C@@H]([C@H](O)CC(=O)[C@@H](C)[C@@H](O)CC[C@@H](C)[C@@H]1O[C@]2(CC[C@@H](C)[C@H](CC[C@H](C)/C(C)=N/OCC(=O)Nc3cccc(C(=O)c4ccccc4)c3)O2)CC[C@@H]1C)[C@H](OC(=O)C[C@@H](O)C1=C(C)C(=O)N(OCC(=O)NCCNS(=O)(=O)c2cccc3c(N(C)C)cccc23)C1=O)C(C)C. The molecule has 97 heavy (non-hydrogen) atoms. The average Bonchev–Trinajstić information content (AvgIpc) is 1.79. The maximum atomic E-state index is 13.8. The Hall–Kier alpha value is -7.33. The second kappa shape index (κ2) is 34.9. The summed E-state index contributed by atoms with van der Waals surface area (Å²) in [5.74, 6) is -6.61. The first-order chi connectivity index (χ1) is 46.0. The summed E-state index contributed by atoms with van der Waals surface area (Å²) in [6.07, 6.45) is -2.76. The molecule has 3 heterocycles. The van der Waals surface area contributed by atoms with E-state index in [9.17, 15) is 57.3 Å². The van der Waals surface area contributed by atoms with Crippen LogP contribution in [-0.2, 0) is 67.4 Å². The van der Waals surface area contributed by atoms with Crippen molar-refractivity contribution in [3.05, 3.63) is 113 Å². The lowest BCUT2D eigenvalue weighted by Gasteiger charge is -2.51. The maximum Gasteiger partial charge on any atom is 0.309 e. The third-order valence-electron chi connectivity index (χ3n) is 18.9. The Bertz CT molecular complexity index is 3600. The van der Waals surface area contributed by atoms with Crippen molar-refractivity contribution in [2.45, 2.75) is 180 Å². The normalized spacial score (nSPS) is 21.8. The van der Waals surface area contributed by atoms with E-state index in [2.05, 4.69) is 48.2 Å². The van der Waals surface area contributed by atoms with Gasteiger partial charge in [-0.15, -0.1) is 5.06 Å². The Kier molecular flexibility index (Phi) is 27.7. The number of carbonyl (C=O) groups is 7. The number of amides is 4. The molecule has 530 valence electrons. The molecular formula is C72H98N6O18S. The van der Waals surface area contributed by atoms with Gasteiger partial charge < -0.3 is 54.6 Å². The van der Waals surface area contributed by atoms with Crippen LogP contribution in [-0.4, -0.2) is 172 Å². The van der Waals surface area contributed by atoms with Crippen molar-refractivity contribution in [2.24, 2.45) is 40.7 Å². The summed E-state index contributed by atoms with van der Waals surface area (Å²) in [4.78, 5) is 105. The maximum absolute atomic E-state index is 13.8. The topological polar surface area (TPSA) is 325 Å². The molecule has 0 saturated carbocycles. The summed E-state index contributed by atoms with van der Waals surface area (Å²) in [7, 11) is 0.961. The summed E-state index contributed by atoms with van der Waals surface area (Å²) in [6, 6.07) is 25.9. The van der Waals surface area contributed by atoms with Crippen molar-refractivity contribution < 1.29 is 85.9 Å². The van der Waals surface area contributed by atoms with E-state index in [1.54, 1.807) is 87.5 Å². The Morgan fingerprint density at radius 1 is 0.763 bits per heavy atom. The van der Waals surface area contributed by atoms with Crippen LogP contribution >= 0.6 is 0 Å². The summed E-state index contributed by atoms with van der Waals surface area (Å²) >= 11 is 0. The number of benzene rings is 4. The quantitative estimate of drug-likeness (QED) is 0.00634. The standard InChI is InChI=1S/C72H98N6O18S/c1-42(2)67(94-64(85)39-58(81)65-48(8)70(87)78(71(65)88)93-41-62(83)73-35-36-74-97(89,90)61-26-18-23-53-54(61)24-17-25-55(53)77(10)11)69(91-12)59(82)38-57(80)47(7)56(79)29-27-45(5)68-46(6)32-34-72(96-68)33-31-44(4)60(95-72)30-28-43(3)49(9)76-92-40-63(84)75-52-22-16-21-51(37-52)66(86)50-19-14-13-15-20-50/h13-26,37,42-47,56,58-60,67-69,74,79,81-82H,27-36,38-41H2,1-12H3,(H,73,83)(H,75,84)/b76-49+/t43-,44+,45+,46-,47-,56-,58+,59+,60-,67+,68-,69-,72+/m0/s1. The molecule has 24 nitrogen and oxygen atoms in total. The molecule has 0 unspecified atom stereocenters. The number of esters is 1. The Morgan fingerprint density at radius 3 is 2.12 bits per heavy atom. The molecule has 13 atom stereocenters. The lowest BCUT2D eigenvalue weighted by atomic mass is 9.79. The number of fused-ring (bicyclic) bond motifs is 1. The second-order valence-electron chi connectivity index (χ2n) is 26.7. The van der Waals surface area contributed by atoms with Crippen molar-refractivity contribution in [1.29, 1.82) is 0 Å². The van der Waals surface area contributed by atoms with E-state index in [0.717, 1.165) is 55.3 Å². The predicted molar refractivity (Wildman–Crippen MR) is 364 cm³/mol. The van der Waals surface area contributed by atoms with E-state index >= 15 is 0 Å². The number of hydrogen-bond donors (Lipinski definition) is 6. The van der Waals surface area contributed by atoms with Crippen molar-refractivity contribution in [3.8, 4) is 0 Å². The smallest absolute Gasteiger partial charge is 0.309 e. The average molecular weight is 1370 g/mol. The fourth-order valence-corrected chi connectivity index (χ4v) is 14.0. The monoisotopic (exact) mass is 1370 g/mol. The van der Waals surface area contributed by atoms with E-state index in [0.29, 0.717) is 28.6 Å². The van der Waals surface area contributed by atoms with Crippen molar-refractivity contribution in [3.63, 3.8) is 0 Å². The van der Waals surface area contributed by atoms with Crippen LogP contribution in [0.3, 0.4) is 0 Å².